The minimum atomic E-state index is 0.651. The molecule has 0 atom stereocenters. The third-order valence-electron chi connectivity index (χ3n) is 5.29. The second kappa shape index (κ2) is 7.01. The summed E-state index contributed by atoms with van der Waals surface area (Å²) in [5.41, 5.74) is 8.48. The maximum absolute atomic E-state index is 4.88. The normalized spacial score (nSPS) is 11.7. The molecule has 28 heavy (non-hydrogen) atoms. The maximum atomic E-state index is 4.88. The first-order valence-electron chi connectivity index (χ1n) is 10.1. The molecular formula is C26H28N2. The van der Waals surface area contributed by atoms with Crippen LogP contribution in [0.1, 0.15) is 41.9 Å². The molecule has 0 amide bonds. The van der Waals surface area contributed by atoms with Crippen molar-refractivity contribution in [1.82, 2.24) is 9.97 Å². The zero-order chi connectivity index (χ0) is 20.0. The van der Waals surface area contributed by atoms with Crippen molar-refractivity contribution in [3.63, 3.8) is 0 Å². The summed E-state index contributed by atoms with van der Waals surface area (Å²) in [6.45, 7) is 13.0. The number of aromatic nitrogens is 2. The smallest absolute Gasteiger partial charge is 0.126 e. The Balaban J connectivity index is 2.03. The predicted molar refractivity (Wildman–Crippen MR) is 120 cm³/mol. The van der Waals surface area contributed by atoms with Crippen LogP contribution in [0, 0.1) is 33.6 Å². The molecule has 0 saturated carbocycles. The van der Waals surface area contributed by atoms with Crippen LogP contribution in [-0.2, 0) is 6.42 Å². The van der Waals surface area contributed by atoms with E-state index in [1.165, 1.54) is 38.6 Å². The molecule has 0 aliphatic carbocycles. The molecule has 4 rings (SSSR count). The monoisotopic (exact) mass is 368 g/mol. The summed E-state index contributed by atoms with van der Waals surface area (Å²) in [5, 5.41) is 3.65. The van der Waals surface area contributed by atoms with E-state index in [0.717, 1.165) is 28.8 Å². The molecule has 0 aliphatic rings. The standard InChI is InChI=1S/C26H28N2/c1-15(2)9-20-13-18(5)24-21(14-20)7-8-23-25(27-19(6)28-26(23)24)22-11-16(3)10-17(4)12-22/h7-8,10-15H,9H2,1-6H3. The first-order valence-corrected chi connectivity index (χ1v) is 10.1. The topological polar surface area (TPSA) is 25.8 Å². The van der Waals surface area contributed by atoms with Crippen molar-refractivity contribution in [3.8, 4) is 11.3 Å². The van der Waals surface area contributed by atoms with E-state index >= 15 is 0 Å². The van der Waals surface area contributed by atoms with Crippen LogP contribution in [0.25, 0.3) is 32.9 Å². The Morgan fingerprint density at radius 1 is 0.821 bits per heavy atom. The molecule has 0 spiro atoms. The summed E-state index contributed by atoms with van der Waals surface area (Å²) >= 11 is 0. The molecule has 142 valence electrons. The zero-order valence-corrected chi connectivity index (χ0v) is 17.7. The number of benzene rings is 3. The van der Waals surface area contributed by atoms with Crippen LogP contribution in [-0.4, -0.2) is 9.97 Å². The molecule has 0 saturated heterocycles. The molecule has 0 aliphatic heterocycles. The molecule has 0 radical (unpaired) electrons. The Bertz CT molecular complexity index is 1180. The molecule has 0 bridgehead atoms. The van der Waals surface area contributed by atoms with Gasteiger partial charge in [-0.1, -0.05) is 49.2 Å². The van der Waals surface area contributed by atoms with E-state index in [0.29, 0.717) is 5.92 Å². The number of hydrogen-bond acceptors (Lipinski definition) is 2. The Hall–Kier alpha value is -2.74. The highest BCUT2D eigenvalue weighted by Gasteiger charge is 2.14. The number of hydrogen-bond donors (Lipinski definition) is 0. The van der Waals surface area contributed by atoms with E-state index < -0.39 is 0 Å². The lowest BCUT2D eigenvalue weighted by Gasteiger charge is -2.14. The van der Waals surface area contributed by atoms with Gasteiger partial charge in [-0.25, -0.2) is 9.97 Å². The van der Waals surface area contributed by atoms with Crippen LogP contribution in [0.2, 0.25) is 0 Å². The van der Waals surface area contributed by atoms with Crippen molar-refractivity contribution in [2.75, 3.05) is 0 Å². The van der Waals surface area contributed by atoms with Crippen LogP contribution in [0.4, 0.5) is 0 Å². The second-order valence-electron chi connectivity index (χ2n) is 8.57. The van der Waals surface area contributed by atoms with Gasteiger partial charge in [0.15, 0.2) is 0 Å². The third-order valence-corrected chi connectivity index (χ3v) is 5.29. The molecule has 2 nitrogen and oxygen atoms in total. The maximum Gasteiger partial charge on any atom is 0.126 e. The summed E-state index contributed by atoms with van der Waals surface area (Å²) in [7, 11) is 0. The first kappa shape index (κ1) is 18.6. The summed E-state index contributed by atoms with van der Waals surface area (Å²) in [5.74, 6) is 1.47. The van der Waals surface area contributed by atoms with Gasteiger partial charge < -0.3 is 0 Å². The SMILES string of the molecule is Cc1cc(C)cc(-c2nc(C)nc3c2ccc2cc(CC(C)C)cc(C)c23)c1. The lowest BCUT2D eigenvalue weighted by molar-refractivity contribution is 0.647. The Morgan fingerprint density at radius 3 is 2.21 bits per heavy atom. The number of fused-ring (bicyclic) bond motifs is 3. The molecule has 3 aromatic carbocycles. The van der Waals surface area contributed by atoms with E-state index in [-0.39, 0.29) is 0 Å². The highest BCUT2D eigenvalue weighted by Crippen LogP contribution is 2.34. The molecule has 0 N–H and O–H groups in total. The van der Waals surface area contributed by atoms with Gasteiger partial charge in [0.2, 0.25) is 0 Å². The highest BCUT2D eigenvalue weighted by molar-refractivity contribution is 6.10. The van der Waals surface area contributed by atoms with E-state index in [1.54, 1.807) is 0 Å². The van der Waals surface area contributed by atoms with Crippen molar-refractivity contribution in [1.29, 1.82) is 0 Å². The summed E-state index contributed by atoms with van der Waals surface area (Å²) in [6, 6.07) is 15.7. The summed E-state index contributed by atoms with van der Waals surface area (Å²) in [6.07, 6.45) is 1.10. The zero-order valence-electron chi connectivity index (χ0n) is 17.7. The second-order valence-corrected chi connectivity index (χ2v) is 8.57. The Kier molecular flexibility index (Phi) is 4.66. The van der Waals surface area contributed by atoms with Crippen molar-refractivity contribution in [3.05, 3.63) is 70.5 Å². The van der Waals surface area contributed by atoms with Gasteiger partial charge in [-0.3, -0.25) is 0 Å². The van der Waals surface area contributed by atoms with Crippen LogP contribution >= 0.6 is 0 Å². The highest BCUT2D eigenvalue weighted by atomic mass is 14.9. The van der Waals surface area contributed by atoms with Crippen molar-refractivity contribution >= 4 is 21.7 Å². The fourth-order valence-electron chi connectivity index (χ4n) is 4.37. The summed E-state index contributed by atoms with van der Waals surface area (Å²) < 4.78 is 0. The summed E-state index contributed by atoms with van der Waals surface area (Å²) in [4.78, 5) is 9.71. The van der Waals surface area contributed by atoms with Crippen LogP contribution in [0.3, 0.4) is 0 Å². The lowest BCUT2D eigenvalue weighted by Crippen LogP contribution is -1.98. The van der Waals surface area contributed by atoms with E-state index in [4.69, 9.17) is 9.97 Å². The third kappa shape index (κ3) is 3.40. The number of aryl methyl sites for hydroxylation is 4. The molecule has 1 heterocycles. The molecule has 4 aromatic rings. The van der Waals surface area contributed by atoms with Crippen molar-refractivity contribution < 1.29 is 0 Å². The average molecular weight is 369 g/mol. The van der Waals surface area contributed by atoms with Gasteiger partial charge in [0.05, 0.1) is 11.2 Å². The van der Waals surface area contributed by atoms with Gasteiger partial charge >= 0.3 is 0 Å². The average Bonchev–Trinajstić information content (AvgIpc) is 2.58. The Morgan fingerprint density at radius 2 is 1.54 bits per heavy atom. The van der Waals surface area contributed by atoms with Crippen molar-refractivity contribution in [2.45, 2.75) is 48.0 Å². The van der Waals surface area contributed by atoms with Crippen molar-refractivity contribution in [2.24, 2.45) is 5.92 Å². The fourth-order valence-corrected chi connectivity index (χ4v) is 4.37. The molecule has 0 unspecified atom stereocenters. The first-order chi connectivity index (χ1) is 13.3. The molecule has 2 heteroatoms. The van der Waals surface area contributed by atoms with E-state index in [9.17, 15) is 0 Å². The number of nitrogens with zero attached hydrogens (tertiary/aromatic N) is 2. The lowest BCUT2D eigenvalue weighted by atomic mass is 9.93. The van der Waals surface area contributed by atoms with Crippen LogP contribution in [0.15, 0.2) is 42.5 Å². The van der Waals surface area contributed by atoms with Gasteiger partial charge in [-0.05, 0) is 74.7 Å². The predicted octanol–water partition coefficient (Wildman–Crippen LogP) is 6.88. The van der Waals surface area contributed by atoms with E-state index in [1.807, 2.05) is 6.92 Å². The number of rotatable bonds is 3. The van der Waals surface area contributed by atoms with Gasteiger partial charge in [0, 0.05) is 16.3 Å². The van der Waals surface area contributed by atoms with Gasteiger partial charge in [-0.2, -0.15) is 0 Å². The molecular weight excluding hydrogens is 340 g/mol. The van der Waals surface area contributed by atoms with E-state index in [2.05, 4.69) is 77.1 Å². The van der Waals surface area contributed by atoms with Crippen LogP contribution < -0.4 is 0 Å². The van der Waals surface area contributed by atoms with Gasteiger partial charge in [0.1, 0.15) is 5.82 Å². The minimum absolute atomic E-state index is 0.651. The fraction of sp³-hybridized carbons (Fsp3) is 0.308. The minimum Gasteiger partial charge on any atom is -0.233 e. The van der Waals surface area contributed by atoms with Gasteiger partial charge in [-0.15, -0.1) is 0 Å². The Labute approximate surface area is 167 Å². The molecule has 0 fully saturated rings. The van der Waals surface area contributed by atoms with Gasteiger partial charge in [0.25, 0.3) is 0 Å². The molecule has 1 aromatic heterocycles. The largest absolute Gasteiger partial charge is 0.233 e. The van der Waals surface area contributed by atoms with Crippen LogP contribution in [0.5, 0.6) is 0 Å². The quantitative estimate of drug-likeness (QED) is 0.368.